The van der Waals surface area contributed by atoms with Crippen molar-refractivity contribution in [3.8, 4) is 11.1 Å². The summed E-state index contributed by atoms with van der Waals surface area (Å²) in [5.41, 5.74) is 11.9. The molecule has 3 rings (SSSR count). The molecule has 0 radical (unpaired) electrons. The van der Waals surface area contributed by atoms with E-state index in [0.29, 0.717) is 23.7 Å². The lowest BCUT2D eigenvalue weighted by Crippen LogP contribution is -2.23. The van der Waals surface area contributed by atoms with E-state index in [1.54, 1.807) is 0 Å². The molecule has 0 heterocycles. The number of aliphatic hydroxyl groups is 1. The predicted molar refractivity (Wildman–Crippen MR) is 113 cm³/mol. The van der Waals surface area contributed by atoms with Crippen LogP contribution in [0.1, 0.15) is 32.6 Å². The SMILES string of the molecule is Cc1cc(CNC(=O)c2cc(CN)cc(-c3cccc(CO)c3)c2)ccc1Cl. The largest absolute Gasteiger partial charge is 0.392 e. The van der Waals surface area contributed by atoms with Crippen molar-refractivity contribution in [1.82, 2.24) is 5.32 Å². The molecule has 28 heavy (non-hydrogen) atoms. The van der Waals surface area contributed by atoms with Crippen LogP contribution in [0.4, 0.5) is 0 Å². The zero-order valence-electron chi connectivity index (χ0n) is 15.7. The monoisotopic (exact) mass is 394 g/mol. The van der Waals surface area contributed by atoms with Crippen molar-refractivity contribution < 1.29 is 9.90 Å². The zero-order valence-corrected chi connectivity index (χ0v) is 16.5. The zero-order chi connectivity index (χ0) is 20.1. The fraction of sp³-hybridized carbons (Fsp3) is 0.174. The third kappa shape index (κ3) is 4.78. The molecule has 0 atom stereocenters. The number of hydrogen-bond acceptors (Lipinski definition) is 3. The maximum absolute atomic E-state index is 12.7. The van der Waals surface area contributed by atoms with E-state index in [2.05, 4.69) is 5.32 Å². The molecule has 3 aromatic carbocycles. The molecule has 3 aromatic rings. The van der Waals surface area contributed by atoms with Crippen molar-refractivity contribution in [3.05, 3.63) is 93.5 Å². The Bertz CT molecular complexity index is 1000. The van der Waals surface area contributed by atoms with E-state index in [0.717, 1.165) is 33.4 Å². The molecular formula is C23H23ClN2O2. The molecule has 0 fully saturated rings. The van der Waals surface area contributed by atoms with E-state index in [-0.39, 0.29) is 12.5 Å². The van der Waals surface area contributed by atoms with Gasteiger partial charge >= 0.3 is 0 Å². The van der Waals surface area contributed by atoms with Crippen molar-refractivity contribution in [3.63, 3.8) is 0 Å². The minimum Gasteiger partial charge on any atom is -0.392 e. The quantitative estimate of drug-likeness (QED) is 0.586. The topological polar surface area (TPSA) is 75.4 Å². The smallest absolute Gasteiger partial charge is 0.251 e. The molecule has 0 unspecified atom stereocenters. The molecule has 0 aromatic heterocycles. The molecule has 0 aliphatic heterocycles. The third-order valence-electron chi connectivity index (χ3n) is 4.61. The summed E-state index contributed by atoms with van der Waals surface area (Å²) in [5, 5.41) is 13.0. The molecule has 0 spiro atoms. The maximum Gasteiger partial charge on any atom is 0.251 e. The van der Waals surface area contributed by atoms with Gasteiger partial charge in [0.25, 0.3) is 5.91 Å². The normalized spacial score (nSPS) is 10.7. The van der Waals surface area contributed by atoms with Gasteiger partial charge in [-0.15, -0.1) is 0 Å². The van der Waals surface area contributed by atoms with Crippen LogP contribution in [0.3, 0.4) is 0 Å². The summed E-state index contributed by atoms with van der Waals surface area (Å²) in [7, 11) is 0. The van der Waals surface area contributed by atoms with Gasteiger partial charge in [0.1, 0.15) is 0 Å². The highest BCUT2D eigenvalue weighted by Gasteiger charge is 2.10. The number of aliphatic hydroxyl groups excluding tert-OH is 1. The Morgan fingerprint density at radius 3 is 2.50 bits per heavy atom. The first-order valence-corrected chi connectivity index (χ1v) is 9.45. The van der Waals surface area contributed by atoms with Gasteiger partial charge in [-0.05, 0) is 70.6 Å². The van der Waals surface area contributed by atoms with Crippen LogP contribution in [0.25, 0.3) is 11.1 Å². The fourth-order valence-electron chi connectivity index (χ4n) is 3.06. The van der Waals surface area contributed by atoms with E-state index in [4.69, 9.17) is 17.3 Å². The number of carbonyl (C=O) groups excluding carboxylic acids is 1. The maximum atomic E-state index is 12.7. The lowest BCUT2D eigenvalue weighted by Gasteiger charge is -2.11. The summed E-state index contributed by atoms with van der Waals surface area (Å²) in [4.78, 5) is 12.7. The third-order valence-corrected chi connectivity index (χ3v) is 5.03. The molecule has 0 aliphatic rings. The van der Waals surface area contributed by atoms with Crippen LogP contribution in [-0.2, 0) is 19.7 Å². The van der Waals surface area contributed by atoms with E-state index >= 15 is 0 Å². The van der Waals surface area contributed by atoms with Crippen molar-refractivity contribution in [1.29, 1.82) is 0 Å². The molecule has 0 bridgehead atoms. The number of nitrogens with one attached hydrogen (secondary N) is 1. The number of aryl methyl sites for hydroxylation is 1. The fourth-order valence-corrected chi connectivity index (χ4v) is 3.18. The average molecular weight is 395 g/mol. The Balaban J connectivity index is 1.83. The van der Waals surface area contributed by atoms with Crippen LogP contribution >= 0.6 is 11.6 Å². The lowest BCUT2D eigenvalue weighted by molar-refractivity contribution is 0.0951. The van der Waals surface area contributed by atoms with Crippen LogP contribution in [0.5, 0.6) is 0 Å². The molecule has 4 nitrogen and oxygen atoms in total. The Kier molecular flexibility index (Phi) is 6.47. The van der Waals surface area contributed by atoms with Gasteiger partial charge in [-0.2, -0.15) is 0 Å². The summed E-state index contributed by atoms with van der Waals surface area (Å²) in [5.74, 6) is -0.164. The second kappa shape index (κ2) is 9.02. The molecular weight excluding hydrogens is 372 g/mol. The van der Waals surface area contributed by atoms with Crippen LogP contribution in [0, 0.1) is 6.92 Å². The first kappa shape index (κ1) is 20.1. The van der Waals surface area contributed by atoms with Gasteiger partial charge in [0, 0.05) is 23.7 Å². The lowest BCUT2D eigenvalue weighted by atomic mass is 9.98. The van der Waals surface area contributed by atoms with E-state index in [1.807, 2.05) is 67.6 Å². The molecule has 144 valence electrons. The van der Waals surface area contributed by atoms with Crippen LogP contribution < -0.4 is 11.1 Å². The molecule has 1 amide bonds. The van der Waals surface area contributed by atoms with Gasteiger partial charge in [-0.3, -0.25) is 4.79 Å². The van der Waals surface area contributed by atoms with Crippen molar-refractivity contribution in [2.24, 2.45) is 5.73 Å². The Labute approximate surface area is 170 Å². The van der Waals surface area contributed by atoms with Crippen molar-refractivity contribution in [2.75, 3.05) is 0 Å². The number of benzene rings is 3. The number of carbonyl (C=O) groups is 1. The van der Waals surface area contributed by atoms with E-state index in [1.165, 1.54) is 0 Å². The number of hydrogen-bond donors (Lipinski definition) is 3. The molecule has 0 saturated carbocycles. The number of nitrogens with two attached hydrogens (primary N) is 1. The van der Waals surface area contributed by atoms with E-state index in [9.17, 15) is 9.90 Å². The molecule has 0 saturated heterocycles. The minimum absolute atomic E-state index is 0.0295. The average Bonchev–Trinajstić information content (AvgIpc) is 2.74. The molecule has 4 N–H and O–H groups in total. The Morgan fingerprint density at radius 2 is 1.79 bits per heavy atom. The second-order valence-electron chi connectivity index (χ2n) is 6.75. The number of amides is 1. The van der Waals surface area contributed by atoms with Crippen molar-refractivity contribution in [2.45, 2.75) is 26.6 Å². The van der Waals surface area contributed by atoms with Crippen LogP contribution in [0.2, 0.25) is 5.02 Å². The highest BCUT2D eigenvalue weighted by Crippen LogP contribution is 2.24. The highest BCUT2D eigenvalue weighted by molar-refractivity contribution is 6.31. The van der Waals surface area contributed by atoms with Crippen molar-refractivity contribution >= 4 is 17.5 Å². The Hall–Kier alpha value is -2.66. The standard InChI is InChI=1S/C23H23ClN2O2/c1-15-7-16(5-6-22(15)24)13-26-23(28)21-10-18(12-25)9-20(11-21)19-4-2-3-17(8-19)14-27/h2-11,27H,12-14,25H2,1H3,(H,26,28). The first-order valence-electron chi connectivity index (χ1n) is 9.07. The summed E-state index contributed by atoms with van der Waals surface area (Å²) in [6, 6.07) is 18.9. The highest BCUT2D eigenvalue weighted by atomic mass is 35.5. The second-order valence-corrected chi connectivity index (χ2v) is 7.15. The van der Waals surface area contributed by atoms with Gasteiger partial charge in [-0.1, -0.05) is 41.9 Å². The first-order chi connectivity index (χ1) is 13.5. The van der Waals surface area contributed by atoms with Gasteiger partial charge < -0.3 is 16.2 Å². The van der Waals surface area contributed by atoms with Gasteiger partial charge in [0.15, 0.2) is 0 Å². The summed E-state index contributed by atoms with van der Waals surface area (Å²) >= 11 is 6.06. The summed E-state index contributed by atoms with van der Waals surface area (Å²) < 4.78 is 0. The number of halogens is 1. The van der Waals surface area contributed by atoms with Crippen LogP contribution in [0.15, 0.2) is 60.7 Å². The van der Waals surface area contributed by atoms with Gasteiger partial charge in [0.05, 0.1) is 6.61 Å². The van der Waals surface area contributed by atoms with Gasteiger partial charge in [0.2, 0.25) is 0 Å². The predicted octanol–water partition coefficient (Wildman–Crippen LogP) is 4.20. The molecule has 0 aliphatic carbocycles. The summed E-state index contributed by atoms with van der Waals surface area (Å²) in [6.45, 7) is 2.66. The minimum atomic E-state index is -0.164. The van der Waals surface area contributed by atoms with E-state index < -0.39 is 0 Å². The van der Waals surface area contributed by atoms with Crippen LogP contribution in [-0.4, -0.2) is 11.0 Å². The number of rotatable bonds is 6. The summed E-state index contributed by atoms with van der Waals surface area (Å²) in [6.07, 6.45) is 0. The Morgan fingerprint density at radius 1 is 1.00 bits per heavy atom. The molecule has 5 heteroatoms. The van der Waals surface area contributed by atoms with Gasteiger partial charge in [-0.25, -0.2) is 0 Å².